The largest absolute Gasteiger partial charge is 0.388 e. The first-order chi connectivity index (χ1) is 8.29. The van der Waals surface area contributed by atoms with E-state index in [9.17, 15) is 5.11 Å². The van der Waals surface area contributed by atoms with E-state index < -0.39 is 0 Å². The molecule has 0 bridgehead atoms. The molecule has 1 aliphatic rings. The van der Waals surface area contributed by atoms with Gasteiger partial charge in [0, 0.05) is 7.11 Å². The maximum atomic E-state index is 10.2. The molecule has 94 valence electrons. The van der Waals surface area contributed by atoms with E-state index in [-0.39, 0.29) is 6.10 Å². The van der Waals surface area contributed by atoms with Crippen LogP contribution >= 0.6 is 0 Å². The Balaban J connectivity index is 1.88. The minimum Gasteiger partial charge on any atom is -0.388 e. The molecule has 1 N–H and O–H groups in total. The molecule has 0 amide bonds. The van der Waals surface area contributed by atoms with Crippen LogP contribution in [0.4, 0.5) is 0 Å². The third-order valence-corrected chi connectivity index (χ3v) is 3.81. The van der Waals surface area contributed by atoms with Gasteiger partial charge in [0.2, 0.25) is 0 Å². The molecule has 3 unspecified atom stereocenters. The van der Waals surface area contributed by atoms with Crippen molar-refractivity contribution in [2.75, 3.05) is 7.11 Å². The van der Waals surface area contributed by atoms with Crippen LogP contribution in [0.5, 0.6) is 0 Å². The Kier molecular flexibility index (Phi) is 4.57. The summed E-state index contributed by atoms with van der Waals surface area (Å²) < 4.78 is 5.43. The number of benzene rings is 1. The van der Waals surface area contributed by atoms with Crippen LogP contribution in [0.2, 0.25) is 0 Å². The molecule has 3 atom stereocenters. The van der Waals surface area contributed by atoms with Crippen LogP contribution in [-0.2, 0) is 4.74 Å². The number of hydrogen-bond donors (Lipinski definition) is 1. The van der Waals surface area contributed by atoms with Crippen molar-refractivity contribution in [2.45, 2.75) is 44.3 Å². The van der Waals surface area contributed by atoms with Crippen LogP contribution in [0.3, 0.4) is 0 Å². The lowest BCUT2D eigenvalue weighted by atomic mass is 9.82. The molecule has 0 radical (unpaired) electrons. The number of aliphatic hydroxyl groups is 1. The van der Waals surface area contributed by atoms with Crippen LogP contribution in [0, 0.1) is 5.92 Å². The highest BCUT2D eigenvalue weighted by atomic mass is 16.5. The summed E-state index contributed by atoms with van der Waals surface area (Å²) in [5.41, 5.74) is 1.03. The second kappa shape index (κ2) is 6.18. The minimum absolute atomic E-state index is 0.322. The smallest absolute Gasteiger partial charge is 0.0792 e. The van der Waals surface area contributed by atoms with Gasteiger partial charge >= 0.3 is 0 Å². The monoisotopic (exact) mass is 234 g/mol. The van der Waals surface area contributed by atoms with Crippen molar-refractivity contribution in [1.29, 1.82) is 0 Å². The topological polar surface area (TPSA) is 29.5 Å². The predicted molar refractivity (Wildman–Crippen MR) is 68.8 cm³/mol. The first-order valence-corrected chi connectivity index (χ1v) is 6.55. The molecule has 2 nitrogen and oxygen atoms in total. The lowest BCUT2D eigenvalue weighted by molar-refractivity contribution is 0.0354. The molecule has 1 fully saturated rings. The fraction of sp³-hybridized carbons (Fsp3) is 0.600. The third kappa shape index (κ3) is 3.55. The fourth-order valence-electron chi connectivity index (χ4n) is 2.80. The van der Waals surface area contributed by atoms with Crippen molar-refractivity contribution >= 4 is 0 Å². The Bertz CT molecular complexity index is 323. The van der Waals surface area contributed by atoms with Crippen molar-refractivity contribution in [2.24, 2.45) is 5.92 Å². The fourth-order valence-corrected chi connectivity index (χ4v) is 2.80. The molecular weight excluding hydrogens is 212 g/mol. The van der Waals surface area contributed by atoms with Crippen molar-refractivity contribution in [3.63, 3.8) is 0 Å². The van der Waals surface area contributed by atoms with Gasteiger partial charge in [0.05, 0.1) is 12.2 Å². The molecule has 2 heteroatoms. The first kappa shape index (κ1) is 12.6. The van der Waals surface area contributed by atoms with Gasteiger partial charge in [-0.1, -0.05) is 43.2 Å². The van der Waals surface area contributed by atoms with E-state index in [4.69, 9.17) is 4.74 Å². The van der Waals surface area contributed by atoms with Crippen molar-refractivity contribution in [3.05, 3.63) is 35.9 Å². The number of rotatable bonds is 4. The Morgan fingerprint density at radius 3 is 2.76 bits per heavy atom. The van der Waals surface area contributed by atoms with E-state index in [2.05, 4.69) is 0 Å². The molecular formula is C15H22O2. The Morgan fingerprint density at radius 1 is 1.29 bits per heavy atom. The van der Waals surface area contributed by atoms with Gasteiger partial charge in [0.15, 0.2) is 0 Å². The van der Waals surface area contributed by atoms with Gasteiger partial charge in [-0.05, 0) is 30.7 Å². The molecule has 2 rings (SSSR count). The molecule has 0 aromatic heterocycles. The summed E-state index contributed by atoms with van der Waals surface area (Å²) in [4.78, 5) is 0. The summed E-state index contributed by atoms with van der Waals surface area (Å²) in [6.45, 7) is 0. The van der Waals surface area contributed by atoms with Crippen LogP contribution in [0.15, 0.2) is 30.3 Å². The third-order valence-electron chi connectivity index (χ3n) is 3.81. The zero-order valence-corrected chi connectivity index (χ0v) is 10.5. The van der Waals surface area contributed by atoms with Gasteiger partial charge in [-0.15, -0.1) is 0 Å². The first-order valence-electron chi connectivity index (χ1n) is 6.55. The van der Waals surface area contributed by atoms with E-state index >= 15 is 0 Å². The van der Waals surface area contributed by atoms with Crippen molar-refractivity contribution in [1.82, 2.24) is 0 Å². The average Bonchev–Trinajstić information content (AvgIpc) is 2.40. The van der Waals surface area contributed by atoms with Gasteiger partial charge in [-0.25, -0.2) is 0 Å². The highest BCUT2D eigenvalue weighted by Crippen LogP contribution is 2.32. The summed E-state index contributed by atoms with van der Waals surface area (Å²) in [7, 11) is 1.79. The highest BCUT2D eigenvalue weighted by molar-refractivity contribution is 5.17. The maximum absolute atomic E-state index is 10.2. The number of methoxy groups -OCH3 is 1. The van der Waals surface area contributed by atoms with E-state index in [1.54, 1.807) is 7.11 Å². The summed E-state index contributed by atoms with van der Waals surface area (Å²) in [6, 6.07) is 9.95. The summed E-state index contributed by atoms with van der Waals surface area (Å²) in [6.07, 6.45) is 5.67. The van der Waals surface area contributed by atoms with Gasteiger partial charge in [0.1, 0.15) is 0 Å². The van der Waals surface area contributed by atoms with E-state index in [1.807, 2.05) is 30.3 Å². The SMILES string of the molecule is COC1CCCC(CC(O)c2ccccc2)C1. The number of hydrogen-bond acceptors (Lipinski definition) is 2. The summed E-state index contributed by atoms with van der Waals surface area (Å²) in [5, 5.41) is 10.2. The molecule has 1 aromatic rings. The average molecular weight is 234 g/mol. The van der Waals surface area contributed by atoms with Gasteiger partial charge in [-0.3, -0.25) is 0 Å². The van der Waals surface area contributed by atoms with Crippen molar-refractivity contribution < 1.29 is 9.84 Å². The van der Waals surface area contributed by atoms with Crippen molar-refractivity contribution in [3.8, 4) is 0 Å². The van der Waals surface area contributed by atoms with Crippen LogP contribution < -0.4 is 0 Å². The lowest BCUT2D eigenvalue weighted by Crippen LogP contribution is -2.23. The number of ether oxygens (including phenoxy) is 1. The zero-order valence-electron chi connectivity index (χ0n) is 10.5. The highest BCUT2D eigenvalue weighted by Gasteiger charge is 2.24. The molecule has 0 saturated heterocycles. The molecule has 1 aromatic carbocycles. The van der Waals surface area contributed by atoms with E-state index in [0.717, 1.165) is 18.4 Å². The predicted octanol–water partition coefficient (Wildman–Crippen LogP) is 3.32. The molecule has 0 heterocycles. The summed E-state index contributed by atoms with van der Waals surface area (Å²) in [5.74, 6) is 0.601. The number of aliphatic hydroxyl groups excluding tert-OH is 1. The summed E-state index contributed by atoms with van der Waals surface area (Å²) >= 11 is 0. The Hall–Kier alpha value is -0.860. The Labute approximate surface area is 104 Å². The molecule has 0 spiro atoms. The molecule has 1 saturated carbocycles. The van der Waals surface area contributed by atoms with Gasteiger partial charge in [-0.2, -0.15) is 0 Å². The van der Waals surface area contributed by atoms with Crippen LogP contribution in [0.25, 0.3) is 0 Å². The second-order valence-corrected chi connectivity index (χ2v) is 5.05. The van der Waals surface area contributed by atoms with E-state index in [1.165, 1.54) is 19.3 Å². The normalized spacial score (nSPS) is 26.7. The molecule has 0 aliphatic heterocycles. The molecule has 17 heavy (non-hydrogen) atoms. The standard InChI is InChI=1S/C15H22O2/c1-17-14-9-5-6-12(10-14)11-15(16)13-7-3-2-4-8-13/h2-4,7-8,12,14-16H,5-6,9-11H2,1H3. The van der Waals surface area contributed by atoms with E-state index in [0.29, 0.717) is 12.0 Å². The quantitative estimate of drug-likeness (QED) is 0.866. The maximum Gasteiger partial charge on any atom is 0.0792 e. The second-order valence-electron chi connectivity index (χ2n) is 5.05. The van der Waals surface area contributed by atoms with Crippen LogP contribution in [-0.4, -0.2) is 18.3 Å². The zero-order chi connectivity index (χ0) is 12.1. The van der Waals surface area contributed by atoms with Gasteiger partial charge < -0.3 is 9.84 Å². The minimum atomic E-state index is -0.322. The van der Waals surface area contributed by atoms with Gasteiger partial charge in [0.25, 0.3) is 0 Å². The Morgan fingerprint density at radius 2 is 2.06 bits per heavy atom. The lowest BCUT2D eigenvalue weighted by Gasteiger charge is -2.29. The van der Waals surface area contributed by atoms with Crippen LogP contribution in [0.1, 0.15) is 43.8 Å². The molecule has 1 aliphatic carbocycles.